The Morgan fingerprint density at radius 1 is 1.57 bits per heavy atom. The van der Waals surface area contributed by atoms with Crippen LogP contribution in [0, 0.1) is 5.92 Å². The highest BCUT2D eigenvalue weighted by atomic mass is 32.2. The highest BCUT2D eigenvalue weighted by Gasteiger charge is 2.26. The minimum atomic E-state index is -0.453. The Kier molecular flexibility index (Phi) is 4.26. The summed E-state index contributed by atoms with van der Waals surface area (Å²) in [5, 5.41) is 6.00. The molecule has 14 heavy (non-hydrogen) atoms. The van der Waals surface area contributed by atoms with Crippen LogP contribution in [0.2, 0.25) is 0 Å². The second-order valence-electron chi connectivity index (χ2n) is 4.31. The topological polar surface area (TPSA) is 41.1 Å². The van der Waals surface area contributed by atoms with Crippen molar-refractivity contribution in [2.45, 2.75) is 25.8 Å². The summed E-state index contributed by atoms with van der Waals surface area (Å²) in [4.78, 5) is 11.7. The van der Waals surface area contributed by atoms with Crippen molar-refractivity contribution in [2.75, 3.05) is 25.1 Å². The minimum Gasteiger partial charge on any atom is -0.354 e. The van der Waals surface area contributed by atoms with Crippen molar-refractivity contribution in [3.8, 4) is 0 Å². The number of nitrogens with one attached hydrogen (secondary N) is 2. The fourth-order valence-electron chi connectivity index (χ4n) is 1.32. The molecule has 1 amide bonds. The number of carbonyl (C=O) groups excluding carboxylic acids is 1. The van der Waals surface area contributed by atoms with E-state index in [1.807, 2.05) is 32.7 Å². The smallest absolute Gasteiger partial charge is 0.239 e. The van der Waals surface area contributed by atoms with Gasteiger partial charge >= 0.3 is 0 Å². The van der Waals surface area contributed by atoms with Crippen molar-refractivity contribution in [1.29, 1.82) is 0 Å². The van der Waals surface area contributed by atoms with Gasteiger partial charge in [-0.1, -0.05) is 0 Å². The second-order valence-corrected chi connectivity index (χ2v) is 5.46. The van der Waals surface area contributed by atoms with Gasteiger partial charge < -0.3 is 10.6 Å². The monoisotopic (exact) mass is 216 g/mol. The average molecular weight is 216 g/mol. The lowest BCUT2D eigenvalue weighted by Gasteiger charge is -2.23. The molecular weight excluding hydrogens is 196 g/mol. The van der Waals surface area contributed by atoms with E-state index in [2.05, 4.69) is 10.6 Å². The first-order valence-corrected chi connectivity index (χ1v) is 6.26. The summed E-state index contributed by atoms with van der Waals surface area (Å²) in [5.41, 5.74) is -0.453. The Balaban J connectivity index is 2.26. The lowest BCUT2D eigenvalue weighted by molar-refractivity contribution is -0.126. The summed E-state index contributed by atoms with van der Waals surface area (Å²) >= 11 is 1.98. The van der Waals surface area contributed by atoms with Gasteiger partial charge in [-0.2, -0.15) is 11.8 Å². The zero-order chi connectivity index (χ0) is 10.6. The van der Waals surface area contributed by atoms with Crippen LogP contribution < -0.4 is 10.6 Å². The Bertz CT molecular complexity index is 200. The zero-order valence-corrected chi connectivity index (χ0v) is 10.0. The number of hydrogen-bond donors (Lipinski definition) is 2. The lowest BCUT2D eigenvalue weighted by atomic mass is 10.0. The van der Waals surface area contributed by atoms with Crippen LogP contribution in [0.1, 0.15) is 20.3 Å². The molecule has 0 radical (unpaired) electrons. The minimum absolute atomic E-state index is 0.0944. The molecule has 2 N–H and O–H groups in total. The fraction of sp³-hybridized carbons (Fsp3) is 0.900. The van der Waals surface area contributed by atoms with E-state index in [0.29, 0.717) is 5.92 Å². The maximum absolute atomic E-state index is 11.7. The molecule has 1 aliphatic rings. The molecule has 3 nitrogen and oxygen atoms in total. The first-order chi connectivity index (χ1) is 6.56. The summed E-state index contributed by atoms with van der Waals surface area (Å²) in [5.74, 6) is 3.21. The van der Waals surface area contributed by atoms with Crippen LogP contribution in [0.3, 0.4) is 0 Å². The summed E-state index contributed by atoms with van der Waals surface area (Å²) in [6.07, 6.45) is 1.24. The van der Waals surface area contributed by atoms with Gasteiger partial charge in [-0.25, -0.2) is 0 Å². The molecule has 82 valence electrons. The molecule has 0 aromatic carbocycles. The molecule has 0 aromatic rings. The van der Waals surface area contributed by atoms with E-state index >= 15 is 0 Å². The molecular formula is C10H20N2OS. The van der Waals surface area contributed by atoms with Crippen molar-refractivity contribution in [3.05, 3.63) is 0 Å². The Hall–Kier alpha value is -0.220. The van der Waals surface area contributed by atoms with E-state index in [4.69, 9.17) is 0 Å². The van der Waals surface area contributed by atoms with Gasteiger partial charge in [0.15, 0.2) is 0 Å². The van der Waals surface area contributed by atoms with Gasteiger partial charge in [0.05, 0.1) is 5.54 Å². The van der Waals surface area contributed by atoms with E-state index in [0.717, 1.165) is 6.54 Å². The molecule has 1 unspecified atom stereocenters. The average Bonchev–Trinajstić information content (AvgIpc) is 2.66. The molecule has 1 fully saturated rings. The molecule has 0 aliphatic carbocycles. The molecule has 1 saturated heterocycles. The molecule has 1 atom stereocenters. The van der Waals surface area contributed by atoms with E-state index in [-0.39, 0.29) is 5.91 Å². The van der Waals surface area contributed by atoms with Crippen LogP contribution >= 0.6 is 11.8 Å². The molecule has 0 aromatic heterocycles. The van der Waals surface area contributed by atoms with Gasteiger partial charge in [-0.15, -0.1) is 0 Å². The molecule has 1 heterocycles. The molecule has 0 saturated carbocycles. The van der Waals surface area contributed by atoms with Crippen molar-refractivity contribution in [1.82, 2.24) is 10.6 Å². The van der Waals surface area contributed by atoms with Crippen LogP contribution in [-0.2, 0) is 4.79 Å². The second kappa shape index (κ2) is 5.03. The number of thioether (sulfide) groups is 1. The fourth-order valence-corrected chi connectivity index (χ4v) is 2.60. The summed E-state index contributed by atoms with van der Waals surface area (Å²) in [6, 6.07) is 0. The Labute approximate surface area is 90.4 Å². The maximum Gasteiger partial charge on any atom is 0.239 e. The van der Waals surface area contributed by atoms with E-state index in [1.165, 1.54) is 17.9 Å². The van der Waals surface area contributed by atoms with Crippen LogP contribution in [0.4, 0.5) is 0 Å². The Morgan fingerprint density at radius 2 is 2.29 bits per heavy atom. The van der Waals surface area contributed by atoms with Gasteiger partial charge in [0.1, 0.15) is 0 Å². The summed E-state index contributed by atoms with van der Waals surface area (Å²) in [7, 11) is 1.81. The number of rotatable bonds is 4. The normalized spacial score (nSPS) is 22.4. The van der Waals surface area contributed by atoms with Crippen LogP contribution in [0.25, 0.3) is 0 Å². The molecule has 0 bridgehead atoms. The third kappa shape index (κ3) is 3.17. The first-order valence-electron chi connectivity index (χ1n) is 5.11. The number of carbonyl (C=O) groups is 1. The van der Waals surface area contributed by atoms with Gasteiger partial charge in [0, 0.05) is 6.54 Å². The van der Waals surface area contributed by atoms with Crippen LogP contribution in [-0.4, -0.2) is 36.5 Å². The predicted octanol–water partition coefficient (Wildman–Crippen LogP) is 0.854. The SMILES string of the molecule is CNC(C)(C)C(=O)NCC1CCSC1. The zero-order valence-electron chi connectivity index (χ0n) is 9.22. The van der Waals surface area contributed by atoms with Gasteiger partial charge in [0.2, 0.25) is 5.91 Å². The number of likely N-dealkylation sites (N-methyl/N-ethyl adjacent to an activating group) is 1. The highest BCUT2D eigenvalue weighted by molar-refractivity contribution is 7.99. The maximum atomic E-state index is 11.7. The largest absolute Gasteiger partial charge is 0.354 e. The van der Waals surface area contributed by atoms with E-state index < -0.39 is 5.54 Å². The van der Waals surface area contributed by atoms with E-state index in [1.54, 1.807) is 0 Å². The predicted molar refractivity (Wildman–Crippen MR) is 61.6 cm³/mol. The number of hydrogen-bond acceptors (Lipinski definition) is 3. The number of amides is 1. The highest BCUT2D eigenvalue weighted by Crippen LogP contribution is 2.22. The van der Waals surface area contributed by atoms with Crippen molar-refractivity contribution < 1.29 is 4.79 Å². The van der Waals surface area contributed by atoms with Gasteiger partial charge in [0.25, 0.3) is 0 Å². The Morgan fingerprint density at radius 3 is 2.79 bits per heavy atom. The molecule has 4 heteroatoms. The third-order valence-corrected chi connectivity index (χ3v) is 4.00. The third-order valence-electron chi connectivity index (χ3n) is 2.77. The molecule has 1 aliphatic heterocycles. The molecule has 0 spiro atoms. The van der Waals surface area contributed by atoms with Crippen LogP contribution in [0.5, 0.6) is 0 Å². The first kappa shape index (κ1) is 11.9. The standard InChI is InChI=1S/C10H20N2OS/c1-10(2,11-3)9(13)12-6-8-4-5-14-7-8/h8,11H,4-7H2,1-3H3,(H,12,13). The van der Waals surface area contributed by atoms with Gasteiger partial charge in [-0.05, 0) is 44.7 Å². The lowest BCUT2D eigenvalue weighted by Crippen LogP contribution is -2.51. The van der Waals surface area contributed by atoms with Crippen LogP contribution in [0.15, 0.2) is 0 Å². The van der Waals surface area contributed by atoms with E-state index in [9.17, 15) is 4.79 Å². The quantitative estimate of drug-likeness (QED) is 0.732. The van der Waals surface area contributed by atoms with Crippen molar-refractivity contribution in [3.63, 3.8) is 0 Å². The van der Waals surface area contributed by atoms with Crippen molar-refractivity contribution in [2.24, 2.45) is 5.92 Å². The summed E-state index contributed by atoms with van der Waals surface area (Å²) < 4.78 is 0. The van der Waals surface area contributed by atoms with Crippen molar-refractivity contribution >= 4 is 17.7 Å². The van der Waals surface area contributed by atoms with Gasteiger partial charge in [-0.3, -0.25) is 4.79 Å². The summed E-state index contributed by atoms with van der Waals surface area (Å²) in [6.45, 7) is 4.62. The molecule has 1 rings (SSSR count).